The molecule has 0 aliphatic heterocycles. The Morgan fingerprint density at radius 2 is 2.22 bits per heavy atom. The number of methoxy groups -OCH3 is 1. The molecule has 0 aliphatic carbocycles. The molecule has 0 fully saturated rings. The van der Waals surface area contributed by atoms with E-state index >= 15 is 0 Å². The summed E-state index contributed by atoms with van der Waals surface area (Å²) in [6.07, 6.45) is 0.694. The van der Waals surface area contributed by atoms with Crippen molar-refractivity contribution >= 4 is 11.6 Å². The molecule has 6 heteroatoms. The summed E-state index contributed by atoms with van der Waals surface area (Å²) in [5.74, 6) is 1.65. The number of rotatable bonds is 5. The monoisotopic (exact) mass is 267 g/mol. The van der Waals surface area contributed by atoms with Crippen LogP contribution in [0.5, 0.6) is 5.75 Å². The summed E-state index contributed by atoms with van der Waals surface area (Å²) in [4.78, 5) is 0. The Morgan fingerprint density at radius 3 is 2.94 bits per heavy atom. The van der Waals surface area contributed by atoms with Gasteiger partial charge in [0.1, 0.15) is 5.75 Å². The minimum atomic E-state index is 0.439. The largest absolute Gasteiger partial charge is 0.496 e. The second-order valence-corrected chi connectivity index (χ2v) is 4.14. The van der Waals surface area contributed by atoms with Crippen LogP contribution in [-0.2, 0) is 6.42 Å². The number of hydrogen-bond donors (Lipinski definition) is 1. The normalized spacial score (nSPS) is 10.6. The van der Waals surface area contributed by atoms with E-state index in [1.54, 1.807) is 25.3 Å². The van der Waals surface area contributed by atoms with Crippen molar-refractivity contribution in [2.45, 2.75) is 6.42 Å². The lowest BCUT2D eigenvalue weighted by Crippen LogP contribution is -2.10. The first-order valence-electron chi connectivity index (χ1n) is 5.55. The van der Waals surface area contributed by atoms with Crippen LogP contribution in [-0.4, -0.2) is 30.9 Å². The minimum Gasteiger partial charge on any atom is -0.496 e. The summed E-state index contributed by atoms with van der Waals surface area (Å²) in [6.45, 7) is 0.791. The molecule has 1 heterocycles. The van der Waals surface area contributed by atoms with E-state index in [1.807, 2.05) is 7.05 Å². The highest BCUT2D eigenvalue weighted by molar-refractivity contribution is 6.30. The number of hydrogen-bond acceptors (Lipinski definition) is 5. The molecule has 5 nitrogen and oxygen atoms in total. The maximum atomic E-state index is 5.90. The first-order chi connectivity index (χ1) is 8.74. The molecule has 0 bridgehead atoms. The van der Waals surface area contributed by atoms with E-state index in [2.05, 4.69) is 15.5 Å². The number of ether oxygens (including phenoxy) is 1. The highest BCUT2D eigenvalue weighted by atomic mass is 35.5. The zero-order valence-corrected chi connectivity index (χ0v) is 11.0. The van der Waals surface area contributed by atoms with Gasteiger partial charge in [-0.1, -0.05) is 11.6 Å². The van der Waals surface area contributed by atoms with Crippen LogP contribution in [0.25, 0.3) is 11.5 Å². The second kappa shape index (κ2) is 5.84. The van der Waals surface area contributed by atoms with Crippen molar-refractivity contribution in [3.63, 3.8) is 0 Å². The zero-order valence-electron chi connectivity index (χ0n) is 10.2. The van der Waals surface area contributed by atoms with Crippen LogP contribution in [0, 0.1) is 0 Å². The molecule has 0 atom stereocenters. The fourth-order valence-corrected chi connectivity index (χ4v) is 1.70. The third kappa shape index (κ3) is 2.80. The summed E-state index contributed by atoms with van der Waals surface area (Å²) in [5.41, 5.74) is 0.741. The van der Waals surface area contributed by atoms with Gasteiger partial charge in [-0.2, -0.15) is 0 Å². The number of benzene rings is 1. The predicted octanol–water partition coefficient (Wildman–Crippen LogP) is 2.16. The summed E-state index contributed by atoms with van der Waals surface area (Å²) < 4.78 is 10.8. The first kappa shape index (κ1) is 12.9. The number of nitrogens with zero attached hydrogens (tertiary/aromatic N) is 2. The SMILES string of the molecule is CNCCc1nnc(-c2ccc(Cl)cc2OC)o1. The van der Waals surface area contributed by atoms with Crippen LogP contribution in [0.4, 0.5) is 0 Å². The van der Waals surface area contributed by atoms with E-state index in [9.17, 15) is 0 Å². The van der Waals surface area contributed by atoms with Gasteiger partial charge in [0.05, 0.1) is 12.7 Å². The zero-order chi connectivity index (χ0) is 13.0. The maximum absolute atomic E-state index is 5.90. The Balaban J connectivity index is 2.28. The molecule has 1 aromatic carbocycles. The first-order valence-corrected chi connectivity index (χ1v) is 5.93. The Morgan fingerprint density at radius 1 is 1.39 bits per heavy atom. The average molecular weight is 268 g/mol. The summed E-state index contributed by atoms with van der Waals surface area (Å²) in [6, 6.07) is 5.28. The molecule has 18 heavy (non-hydrogen) atoms. The third-order valence-corrected chi connectivity index (χ3v) is 2.68. The molecular weight excluding hydrogens is 254 g/mol. The Bertz CT molecular complexity index is 528. The van der Waals surface area contributed by atoms with Gasteiger partial charge in [0.15, 0.2) is 0 Å². The fraction of sp³-hybridized carbons (Fsp3) is 0.333. The predicted molar refractivity (Wildman–Crippen MR) is 68.9 cm³/mol. The van der Waals surface area contributed by atoms with Gasteiger partial charge in [-0.15, -0.1) is 10.2 Å². The van der Waals surface area contributed by atoms with Gasteiger partial charge in [-0.25, -0.2) is 0 Å². The number of halogens is 1. The molecule has 2 aromatic rings. The van der Waals surface area contributed by atoms with Gasteiger partial charge in [-0.05, 0) is 25.2 Å². The molecule has 96 valence electrons. The van der Waals surface area contributed by atoms with Crippen molar-refractivity contribution in [2.75, 3.05) is 20.7 Å². The smallest absolute Gasteiger partial charge is 0.251 e. The maximum Gasteiger partial charge on any atom is 0.251 e. The molecule has 0 unspecified atom stereocenters. The van der Waals surface area contributed by atoms with Gasteiger partial charge in [0.25, 0.3) is 5.89 Å². The molecule has 0 radical (unpaired) electrons. The fourth-order valence-electron chi connectivity index (χ4n) is 1.54. The van der Waals surface area contributed by atoms with Crippen LogP contribution < -0.4 is 10.1 Å². The van der Waals surface area contributed by atoms with Crippen molar-refractivity contribution in [1.82, 2.24) is 15.5 Å². The Kier molecular flexibility index (Phi) is 4.17. The number of likely N-dealkylation sites (N-methyl/N-ethyl adjacent to an activating group) is 1. The molecule has 1 aromatic heterocycles. The van der Waals surface area contributed by atoms with Gasteiger partial charge in [0.2, 0.25) is 5.89 Å². The van der Waals surface area contributed by atoms with Gasteiger partial charge in [0, 0.05) is 18.0 Å². The highest BCUT2D eigenvalue weighted by Crippen LogP contribution is 2.31. The molecule has 1 N–H and O–H groups in total. The molecule has 2 rings (SSSR count). The van der Waals surface area contributed by atoms with Crippen molar-refractivity contribution in [1.29, 1.82) is 0 Å². The highest BCUT2D eigenvalue weighted by Gasteiger charge is 2.13. The quantitative estimate of drug-likeness (QED) is 0.900. The lowest BCUT2D eigenvalue weighted by molar-refractivity contribution is 0.413. The van der Waals surface area contributed by atoms with Crippen LogP contribution >= 0.6 is 11.6 Å². The summed E-state index contributed by atoms with van der Waals surface area (Å²) in [7, 11) is 3.45. The van der Waals surface area contributed by atoms with E-state index in [4.69, 9.17) is 20.8 Å². The standard InChI is InChI=1S/C12H14ClN3O2/c1-14-6-5-11-15-16-12(18-11)9-4-3-8(13)7-10(9)17-2/h3-4,7,14H,5-6H2,1-2H3. The molecule has 0 spiro atoms. The second-order valence-electron chi connectivity index (χ2n) is 3.70. The topological polar surface area (TPSA) is 60.2 Å². The van der Waals surface area contributed by atoms with Gasteiger partial charge in [-0.3, -0.25) is 0 Å². The van der Waals surface area contributed by atoms with Crippen molar-refractivity contribution < 1.29 is 9.15 Å². The van der Waals surface area contributed by atoms with Crippen molar-refractivity contribution in [3.8, 4) is 17.2 Å². The van der Waals surface area contributed by atoms with Gasteiger partial charge >= 0.3 is 0 Å². The van der Waals surface area contributed by atoms with Crippen LogP contribution in [0.3, 0.4) is 0 Å². The van der Waals surface area contributed by atoms with Crippen molar-refractivity contribution in [2.24, 2.45) is 0 Å². The molecule has 0 saturated carbocycles. The lowest BCUT2D eigenvalue weighted by atomic mass is 10.2. The molecule has 0 amide bonds. The number of aromatic nitrogens is 2. The lowest BCUT2D eigenvalue weighted by Gasteiger charge is -2.04. The van der Waals surface area contributed by atoms with Crippen molar-refractivity contribution in [3.05, 3.63) is 29.1 Å². The molecule has 0 aliphatic rings. The number of nitrogens with one attached hydrogen (secondary N) is 1. The van der Waals surface area contributed by atoms with Crippen LogP contribution in [0.15, 0.2) is 22.6 Å². The van der Waals surface area contributed by atoms with Crippen LogP contribution in [0.2, 0.25) is 5.02 Å². The summed E-state index contributed by atoms with van der Waals surface area (Å²) >= 11 is 5.90. The average Bonchev–Trinajstić information content (AvgIpc) is 2.84. The Labute approximate surface area is 110 Å². The minimum absolute atomic E-state index is 0.439. The van der Waals surface area contributed by atoms with E-state index in [-0.39, 0.29) is 0 Å². The van der Waals surface area contributed by atoms with E-state index in [0.717, 1.165) is 12.1 Å². The molecule has 0 saturated heterocycles. The van der Waals surface area contributed by atoms with E-state index in [0.29, 0.717) is 29.0 Å². The molecular formula is C12H14ClN3O2. The van der Waals surface area contributed by atoms with Gasteiger partial charge < -0.3 is 14.5 Å². The van der Waals surface area contributed by atoms with Crippen LogP contribution in [0.1, 0.15) is 5.89 Å². The van der Waals surface area contributed by atoms with E-state index in [1.165, 1.54) is 0 Å². The Hall–Kier alpha value is -1.59. The van der Waals surface area contributed by atoms with E-state index < -0.39 is 0 Å². The summed E-state index contributed by atoms with van der Waals surface area (Å²) in [5, 5.41) is 11.6. The third-order valence-electron chi connectivity index (χ3n) is 2.45.